The van der Waals surface area contributed by atoms with E-state index in [0.717, 1.165) is 22.3 Å². The van der Waals surface area contributed by atoms with E-state index < -0.39 is 23.8 Å². The number of hydrogen-bond donors (Lipinski definition) is 5. The molecule has 1 heterocycles. The second-order valence-corrected chi connectivity index (χ2v) is 10.6. The topological polar surface area (TPSA) is 209 Å². The van der Waals surface area contributed by atoms with Crippen molar-refractivity contribution >= 4 is 46.0 Å². The van der Waals surface area contributed by atoms with Crippen LogP contribution in [-0.2, 0) is 22.4 Å². The van der Waals surface area contributed by atoms with Crippen LogP contribution in [0.2, 0.25) is 0 Å². The lowest BCUT2D eigenvalue weighted by Gasteiger charge is -2.18. The minimum Gasteiger partial charge on any atom is -0.479 e. The number of nitrogens with zero attached hydrogens (tertiary/aromatic N) is 4. The van der Waals surface area contributed by atoms with E-state index in [4.69, 9.17) is 16.7 Å². The second-order valence-electron chi connectivity index (χ2n) is 10.6. The molecule has 2 amide bonds. The lowest BCUT2D eigenvalue weighted by Crippen LogP contribution is -2.24. The zero-order valence-corrected chi connectivity index (χ0v) is 25.3. The molecule has 0 bridgehead atoms. The zero-order chi connectivity index (χ0) is 33.5. The molecule has 0 spiro atoms. The van der Waals surface area contributed by atoms with Crippen molar-refractivity contribution in [1.82, 2.24) is 9.97 Å². The van der Waals surface area contributed by atoms with Gasteiger partial charge in [-0.25, -0.2) is 19.8 Å². The van der Waals surface area contributed by atoms with Gasteiger partial charge in [0.05, 0.1) is 34.8 Å². The standard InChI is InChI=1S/C35H30N8O4/c1-39-34-24-5-2-3-8-27(24)40-28(41-34)17-20-13-15-23(16-14-20)32(37)43-31(35(46)47)25-6-4-7-26(33(38)45)30(25)42-29(44)18-21-9-11-22(19-36)12-10-21/h2-16,31H,17-18H2,1H3,(H2,37,43)(H2,38,45)(H,42,44)(H,46,47)(H,39,40,41). The number of hydrogen-bond acceptors (Lipinski definition) is 8. The van der Waals surface area contributed by atoms with Crippen LogP contribution in [0, 0.1) is 11.3 Å². The molecule has 1 aromatic heterocycles. The molecule has 0 aliphatic carbocycles. The third-order valence-electron chi connectivity index (χ3n) is 7.37. The maximum atomic E-state index is 13.0. The zero-order valence-electron chi connectivity index (χ0n) is 25.3. The summed E-state index contributed by atoms with van der Waals surface area (Å²) in [6.07, 6.45) is 0.342. The molecule has 0 aliphatic rings. The fourth-order valence-corrected chi connectivity index (χ4v) is 5.05. The van der Waals surface area contributed by atoms with E-state index in [0.29, 0.717) is 28.9 Å². The Balaban J connectivity index is 1.40. The number of para-hydroxylation sites is 2. The number of amidine groups is 1. The van der Waals surface area contributed by atoms with Gasteiger partial charge >= 0.3 is 5.97 Å². The summed E-state index contributed by atoms with van der Waals surface area (Å²) < 4.78 is 0. The molecule has 12 nitrogen and oxygen atoms in total. The van der Waals surface area contributed by atoms with Crippen molar-refractivity contribution in [2.45, 2.75) is 18.9 Å². The first kappa shape index (κ1) is 31.8. The Kier molecular flexibility index (Phi) is 9.47. The number of amides is 2. The van der Waals surface area contributed by atoms with Crippen molar-refractivity contribution in [3.8, 4) is 6.07 Å². The summed E-state index contributed by atoms with van der Waals surface area (Å²) in [5, 5.41) is 25.9. The number of nitrogens with one attached hydrogen (secondary N) is 2. The lowest BCUT2D eigenvalue weighted by atomic mass is 9.99. The fourth-order valence-electron chi connectivity index (χ4n) is 5.05. The number of carbonyl (C=O) groups excluding carboxylic acids is 2. The number of anilines is 2. The van der Waals surface area contributed by atoms with E-state index in [9.17, 15) is 19.5 Å². The van der Waals surface area contributed by atoms with Crippen molar-refractivity contribution in [2.75, 3.05) is 17.7 Å². The summed E-state index contributed by atoms with van der Waals surface area (Å²) in [5.41, 5.74) is 15.0. The molecule has 0 fully saturated rings. The van der Waals surface area contributed by atoms with Gasteiger partial charge in [0.1, 0.15) is 17.5 Å². The summed E-state index contributed by atoms with van der Waals surface area (Å²) in [6, 6.07) is 25.9. The molecule has 1 unspecified atom stereocenters. The van der Waals surface area contributed by atoms with Gasteiger partial charge in [-0.1, -0.05) is 60.7 Å². The van der Waals surface area contributed by atoms with Crippen LogP contribution in [0.4, 0.5) is 11.5 Å². The van der Waals surface area contributed by atoms with Gasteiger partial charge in [0.2, 0.25) is 5.91 Å². The largest absolute Gasteiger partial charge is 0.479 e. The van der Waals surface area contributed by atoms with E-state index >= 15 is 0 Å². The molecule has 12 heteroatoms. The van der Waals surface area contributed by atoms with Gasteiger partial charge in [-0.15, -0.1) is 0 Å². The Hall–Kier alpha value is -6.61. The first-order valence-corrected chi connectivity index (χ1v) is 14.5. The van der Waals surface area contributed by atoms with Gasteiger partial charge in [-0.05, 0) is 41.5 Å². The molecular weight excluding hydrogens is 596 g/mol. The van der Waals surface area contributed by atoms with Crippen molar-refractivity contribution in [3.05, 3.63) is 130 Å². The smallest absolute Gasteiger partial charge is 0.333 e. The maximum absolute atomic E-state index is 13.0. The number of rotatable bonds is 11. The second kappa shape index (κ2) is 14.0. The number of carboxylic acids is 1. The van der Waals surface area contributed by atoms with Crippen molar-refractivity contribution in [1.29, 1.82) is 5.26 Å². The molecule has 234 valence electrons. The summed E-state index contributed by atoms with van der Waals surface area (Å²) >= 11 is 0. The monoisotopic (exact) mass is 626 g/mol. The Labute approximate surface area is 269 Å². The van der Waals surface area contributed by atoms with E-state index in [1.54, 1.807) is 43.4 Å². The normalized spacial score (nSPS) is 11.8. The number of aliphatic imine (C=N–C) groups is 1. The third kappa shape index (κ3) is 7.38. The predicted molar refractivity (Wildman–Crippen MR) is 178 cm³/mol. The molecule has 7 N–H and O–H groups in total. The molecule has 0 saturated carbocycles. The highest BCUT2D eigenvalue weighted by molar-refractivity contribution is 6.05. The van der Waals surface area contributed by atoms with Gasteiger partial charge in [0.15, 0.2) is 6.04 Å². The van der Waals surface area contributed by atoms with Gasteiger partial charge in [0, 0.05) is 30.0 Å². The first-order valence-electron chi connectivity index (χ1n) is 14.5. The molecular formula is C35H30N8O4. The van der Waals surface area contributed by atoms with E-state index in [-0.39, 0.29) is 29.1 Å². The van der Waals surface area contributed by atoms with Crippen LogP contribution in [0.25, 0.3) is 10.9 Å². The highest BCUT2D eigenvalue weighted by Gasteiger charge is 2.27. The number of carboxylic acid groups (broad SMARTS) is 1. The Morgan fingerprint density at radius 2 is 1.62 bits per heavy atom. The van der Waals surface area contributed by atoms with Gasteiger partial charge in [-0.3, -0.25) is 9.59 Å². The average Bonchev–Trinajstić information content (AvgIpc) is 3.07. The molecule has 0 radical (unpaired) electrons. The van der Waals surface area contributed by atoms with Crippen LogP contribution < -0.4 is 22.1 Å². The number of benzene rings is 4. The van der Waals surface area contributed by atoms with Crippen LogP contribution in [0.5, 0.6) is 0 Å². The first-order chi connectivity index (χ1) is 22.7. The summed E-state index contributed by atoms with van der Waals surface area (Å²) in [6.45, 7) is 0. The Morgan fingerprint density at radius 1 is 0.915 bits per heavy atom. The van der Waals surface area contributed by atoms with E-state index in [1.165, 1.54) is 18.2 Å². The summed E-state index contributed by atoms with van der Waals surface area (Å²) in [7, 11) is 1.80. The highest BCUT2D eigenvalue weighted by atomic mass is 16.4. The van der Waals surface area contributed by atoms with Gasteiger partial charge < -0.3 is 27.2 Å². The van der Waals surface area contributed by atoms with Crippen LogP contribution in [-0.4, -0.2) is 45.7 Å². The molecule has 1 atom stereocenters. The molecule has 5 aromatic rings. The molecule has 0 saturated heterocycles. The number of aliphatic carboxylic acids is 1. The minimum absolute atomic E-state index is 0.0235. The third-order valence-corrected chi connectivity index (χ3v) is 7.37. The molecule has 5 rings (SSSR count). The number of carbonyl (C=O) groups is 3. The Morgan fingerprint density at radius 3 is 2.28 bits per heavy atom. The highest BCUT2D eigenvalue weighted by Crippen LogP contribution is 2.30. The van der Waals surface area contributed by atoms with Gasteiger partial charge in [-0.2, -0.15) is 5.26 Å². The predicted octanol–water partition coefficient (Wildman–Crippen LogP) is 3.95. The molecule has 4 aromatic carbocycles. The van der Waals surface area contributed by atoms with E-state index in [1.807, 2.05) is 42.5 Å². The number of nitriles is 1. The summed E-state index contributed by atoms with van der Waals surface area (Å²) in [5.74, 6) is -1.47. The minimum atomic E-state index is -1.58. The van der Waals surface area contributed by atoms with E-state index in [2.05, 4.69) is 25.6 Å². The SMILES string of the molecule is CNc1nc(Cc2ccc(C(N)=NC(C(=O)O)c3cccc(C(N)=O)c3NC(=O)Cc3ccc(C#N)cc3)cc2)nc2ccccc12. The molecule has 47 heavy (non-hydrogen) atoms. The van der Waals surface area contributed by atoms with Crippen molar-refractivity contribution in [3.63, 3.8) is 0 Å². The summed E-state index contributed by atoms with van der Waals surface area (Å²) in [4.78, 5) is 51.4. The van der Waals surface area contributed by atoms with Gasteiger partial charge in [0.25, 0.3) is 5.91 Å². The van der Waals surface area contributed by atoms with Crippen LogP contribution in [0.3, 0.4) is 0 Å². The number of nitrogens with two attached hydrogens (primary N) is 2. The van der Waals surface area contributed by atoms with Crippen LogP contribution in [0.1, 0.15) is 50.0 Å². The quantitative estimate of drug-likeness (QED) is 0.106. The van der Waals surface area contributed by atoms with Crippen LogP contribution >= 0.6 is 0 Å². The molecule has 0 aliphatic heterocycles. The Bertz CT molecular complexity index is 2050. The van der Waals surface area contributed by atoms with Crippen molar-refractivity contribution < 1.29 is 19.5 Å². The number of fused-ring (bicyclic) bond motifs is 1. The fraction of sp³-hybridized carbons (Fsp3) is 0.114. The number of aromatic nitrogens is 2. The lowest BCUT2D eigenvalue weighted by molar-refractivity contribution is -0.138. The number of primary amides is 1. The van der Waals surface area contributed by atoms with Crippen molar-refractivity contribution in [2.24, 2.45) is 16.5 Å². The van der Waals surface area contributed by atoms with Crippen LogP contribution in [0.15, 0.2) is 96.0 Å². The average molecular weight is 627 g/mol. The maximum Gasteiger partial charge on any atom is 0.333 e.